The highest BCUT2D eigenvalue weighted by Gasteiger charge is 2.31. The third-order valence-corrected chi connectivity index (χ3v) is 8.33. The molecule has 1 unspecified atom stereocenters. The fourth-order valence-corrected chi connectivity index (χ4v) is 6.38. The molecule has 1 aromatic heterocycles. The zero-order valence-corrected chi connectivity index (χ0v) is 13.9. The van der Waals surface area contributed by atoms with Gasteiger partial charge in [0.05, 0.1) is 9.83 Å². The van der Waals surface area contributed by atoms with E-state index in [2.05, 4.69) is 36.6 Å². The largest absolute Gasteiger partial charge is 0.285 e. The molecule has 0 amide bonds. The molecule has 1 fully saturated rings. The highest BCUT2D eigenvalue weighted by molar-refractivity contribution is 9.13. The van der Waals surface area contributed by atoms with Gasteiger partial charge in [-0.25, -0.2) is 8.42 Å². The molecule has 1 N–H and O–H groups in total. The number of hydrogen-bond donors (Lipinski definition) is 1. The Bertz CT molecular complexity index is 535. The van der Waals surface area contributed by atoms with E-state index in [1.54, 1.807) is 0 Å². The number of rotatable bonds is 3. The van der Waals surface area contributed by atoms with Crippen molar-refractivity contribution in [3.05, 3.63) is 14.3 Å². The van der Waals surface area contributed by atoms with E-state index in [0.717, 1.165) is 11.3 Å². The van der Waals surface area contributed by atoms with E-state index < -0.39 is 16.1 Å². The minimum Gasteiger partial charge on any atom is -0.285 e. The Kier molecular flexibility index (Phi) is 4.37. The van der Waals surface area contributed by atoms with Gasteiger partial charge in [-0.05, 0) is 44.3 Å². The Morgan fingerprint density at radius 1 is 1.41 bits per heavy atom. The molecule has 9 heteroatoms. The van der Waals surface area contributed by atoms with Crippen LogP contribution >= 0.6 is 55.0 Å². The Morgan fingerprint density at radius 3 is 2.59 bits per heavy atom. The molecule has 0 saturated carbocycles. The summed E-state index contributed by atoms with van der Waals surface area (Å²) in [6, 6.07) is 0.925. The molecule has 94 valence electrons. The first kappa shape index (κ1) is 14.0. The minimum absolute atomic E-state index is 0.108. The smallest absolute Gasteiger partial charge is 0.250 e. The van der Waals surface area contributed by atoms with Crippen LogP contribution in [0.5, 0.6) is 0 Å². The Hall–Kier alpha value is 0.590. The van der Waals surface area contributed by atoms with Gasteiger partial charge < -0.3 is 0 Å². The quantitative estimate of drug-likeness (QED) is 0.816. The van der Waals surface area contributed by atoms with Crippen LogP contribution in [0, 0.1) is 0 Å². The van der Waals surface area contributed by atoms with E-state index in [-0.39, 0.29) is 9.32 Å². The number of halogens is 2. The molecule has 0 aromatic carbocycles. The fourth-order valence-electron chi connectivity index (χ4n) is 1.31. The van der Waals surface area contributed by atoms with Gasteiger partial charge >= 0.3 is 0 Å². The maximum absolute atomic E-state index is 12.0. The zero-order valence-electron chi connectivity index (χ0n) is 8.27. The van der Waals surface area contributed by atoms with Gasteiger partial charge in [-0.3, -0.25) is 4.79 Å². The number of thiophene rings is 1. The summed E-state index contributed by atoms with van der Waals surface area (Å²) in [5.41, 5.74) is 0. The summed E-state index contributed by atoms with van der Waals surface area (Å²) >= 11 is 8.75. The molecule has 1 aliphatic heterocycles. The molecule has 0 bridgehead atoms. The van der Waals surface area contributed by atoms with Crippen molar-refractivity contribution in [1.29, 1.82) is 0 Å². The molecule has 0 radical (unpaired) electrons. The van der Waals surface area contributed by atoms with Crippen molar-refractivity contribution < 1.29 is 13.2 Å². The van der Waals surface area contributed by atoms with Crippen LogP contribution in [0.1, 0.15) is 6.42 Å². The Balaban J connectivity index is 2.22. The molecule has 4 nitrogen and oxygen atoms in total. The molecule has 0 spiro atoms. The number of thioether (sulfide) groups is 1. The number of sulfonamides is 1. The molecular weight excluding hydrogens is 414 g/mol. The van der Waals surface area contributed by atoms with E-state index in [1.165, 1.54) is 17.8 Å². The Morgan fingerprint density at radius 2 is 2.12 bits per heavy atom. The molecule has 1 atom stereocenters. The van der Waals surface area contributed by atoms with Gasteiger partial charge in [0.25, 0.3) is 10.0 Å². The summed E-state index contributed by atoms with van der Waals surface area (Å²) in [7, 11) is -3.60. The third kappa shape index (κ3) is 3.13. The second-order valence-electron chi connectivity index (χ2n) is 3.32. The Labute approximate surface area is 124 Å². The SMILES string of the molecule is O=C1SCCC1NS(=O)(=O)c1cc(Br)c(Br)s1. The number of carbonyl (C=O) groups is 1. The van der Waals surface area contributed by atoms with Gasteiger partial charge in [-0.2, -0.15) is 4.72 Å². The average molecular weight is 421 g/mol. The lowest BCUT2D eigenvalue weighted by Crippen LogP contribution is -2.36. The highest BCUT2D eigenvalue weighted by atomic mass is 79.9. The summed E-state index contributed by atoms with van der Waals surface area (Å²) in [5, 5.41) is -0.108. The van der Waals surface area contributed by atoms with Gasteiger partial charge in [-0.1, -0.05) is 11.8 Å². The van der Waals surface area contributed by atoms with Crippen LogP contribution in [-0.2, 0) is 14.8 Å². The molecule has 1 aromatic rings. The van der Waals surface area contributed by atoms with Crippen molar-refractivity contribution in [3.63, 3.8) is 0 Å². The molecule has 1 saturated heterocycles. The number of hydrogen-bond acceptors (Lipinski definition) is 5. The topological polar surface area (TPSA) is 63.2 Å². The first-order chi connectivity index (χ1) is 7.90. The average Bonchev–Trinajstić information content (AvgIpc) is 2.76. The molecule has 0 aliphatic carbocycles. The second kappa shape index (κ2) is 5.30. The zero-order chi connectivity index (χ0) is 12.6. The maximum atomic E-state index is 12.0. The van der Waals surface area contributed by atoms with Crippen LogP contribution < -0.4 is 4.72 Å². The molecule has 2 rings (SSSR count). The van der Waals surface area contributed by atoms with Crippen molar-refractivity contribution in [2.45, 2.75) is 16.7 Å². The normalized spacial score (nSPS) is 21.1. The van der Waals surface area contributed by atoms with Crippen molar-refractivity contribution >= 4 is 70.1 Å². The van der Waals surface area contributed by atoms with Gasteiger partial charge in [0.2, 0.25) is 5.12 Å². The molecular formula is C8H7Br2NO3S3. The van der Waals surface area contributed by atoms with Gasteiger partial charge in [0, 0.05) is 10.2 Å². The predicted octanol–water partition coefficient (Wildman–Crippen LogP) is 2.58. The second-order valence-corrected chi connectivity index (χ2v) is 9.58. The van der Waals surface area contributed by atoms with Gasteiger partial charge in [-0.15, -0.1) is 11.3 Å². The van der Waals surface area contributed by atoms with E-state index in [9.17, 15) is 13.2 Å². The first-order valence-electron chi connectivity index (χ1n) is 4.54. The van der Waals surface area contributed by atoms with Crippen LogP contribution in [0.2, 0.25) is 0 Å². The van der Waals surface area contributed by atoms with Gasteiger partial charge in [0.1, 0.15) is 4.21 Å². The van der Waals surface area contributed by atoms with Gasteiger partial charge in [0.15, 0.2) is 0 Å². The van der Waals surface area contributed by atoms with Crippen molar-refractivity contribution in [2.24, 2.45) is 0 Å². The lowest BCUT2D eigenvalue weighted by molar-refractivity contribution is -0.111. The van der Waals surface area contributed by atoms with Crippen LogP contribution in [0.4, 0.5) is 0 Å². The van der Waals surface area contributed by atoms with E-state index in [0.29, 0.717) is 20.4 Å². The minimum atomic E-state index is -3.60. The number of nitrogens with one attached hydrogen (secondary N) is 1. The molecule has 17 heavy (non-hydrogen) atoms. The standard InChI is InChI=1S/C8H7Br2NO3S3/c9-4-3-6(16-7(4)10)17(13,14)11-5-1-2-15-8(5)12/h3,5,11H,1-2H2. The number of carbonyl (C=O) groups excluding carboxylic acids is 1. The van der Waals surface area contributed by atoms with E-state index in [1.807, 2.05) is 0 Å². The summed E-state index contributed by atoms with van der Waals surface area (Å²) in [6.45, 7) is 0. The lowest BCUT2D eigenvalue weighted by Gasteiger charge is -2.08. The summed E-state index contributed by atoms with van der Waals surface area (Å²) in [5.74, 6) is 0.670. The van der Waals surface area contributed by atoms with E-state index >= 15 is 0 Å². The lowest BCUT2D eigenvalue weighted by atomic mass is 10.3. The third-order valence-electron chi connectivity index (χ3n) is 2.12. The summed E-state index contributed by atoms with van der Waals surface area (Å²) in [6.07, 6.45) is 0.552. The van der Waals surface area contributed by atoms with Crippen molar-refractivity contribution in [3.8, 4) is 0 Å². The maximum Gasteiger partial charge on any atom is 0.250 e. The first-order valence-corrected chi connectivity index (χ1v) is 9.41. The fraction of sp³-hybridized carbons (Fsp3) is 0.375. The molecule has 1 aliphatic rings. The molecule has 2 heterocycles. The van der Waals surface area contributed by atoms with Crippen molar-refractivity contribution in [1.82, 2.24) is 4.72 Å². The van der Waals surface area contributed by atoms with E-state index in [4.69, 9.17) is 0 Å². The summed E-state index contributed by atoms with van der Waals surface area (Å²) < 4.78 is 28.0. The van der Waals surface area contributed by atoms with Crippen LogP contribution in [0.15, 0.2) is 18.5 Å². The monoisotopic (exact) mass is 419 g/mol. The van der Waals surface area contributed by atoms with Crippen LogP contribution in [0.25, 0.3) is 0 Å². The van der Waals surface area contributed by atoms with Crippen molar-refractivity contribution in [2.75, 3.05) is 5.75 Å². The highest BCUT2D eigenvalue weighted by Crippen LogP contribution is 2.35. The van der Waals surface area contributed by atoms with Crippen LogP contribution in [-0.4, -0.2) is 25.3 Å². The van der Waals surface area contributed by atoms with Crippen LogP contribution in [0.3, 0.4) is 0 Å². The predicted molar refractivity (Wildman–Crippen MR) is 75.9 cm³/mol. The summed E-state index contributed by atoms with van der Waals surface area (Å²) in [4.78, 5) is 11.4.